The minimum Gasteiger partial charge on any atom is -0.494 e. The molecule has 0 aliphatic carbocycles. The molecule has 2 rings (SSSR count). The van der Waals surface area contributed by atoms with Crippen LogP contribution in [0.2, 0.25) is 0 Å². The molecule has 0 aliphatic heterocycles. The molecule has 122 valence electrons. The number of benzene rings is 1. The fraction of sp³-hybridized carbons (Fsp3) is 0.444. The van der Waals surface area contributed by atoms with Crippen LogP contribution in [0.4, 0.5) is 0 Å². The van der Waals surface area contributed by atoms with E-state index >= 15 is 0 Å². The minimum absolute atomic E-state index is 0.539. The number of nitriles is 1. The van der Waals surface area contributed by atoms with E-state index in [0.717, 1.165) is 42.4 Å². The van der Waals surface area contributed by atoms with Gasteiger partial charge >= 0.3 is 0 Å². The van der Waals surface area contributed by atoms with Crippen LogP contribution in [-0.4, -0.2) is 18.1 Å². The first kappa shape index (κ1) is 17.5. The molecule has 0 bridgehead atoms. The maximum Gasteiger partial charge on any atom is 0.119 e. The summed E-state index contributed by atoms with van der Waals surface area (Å²) >= 11 is 1.78. The Balaban J connectivity index is 1.73. The van der Waals surface area contributed by atoms with Crippen molar-refractivity contribution < 1.29 is 4.74 Å². The fourth-order valence-electron chi connectivity index (χ4n) is 2.33. The molecule has 1 heterocycles. The average molecular weight is 329 g/mol. The summed E-state index contributed by atoms with van der Waals surface area (Å²) in [5, 5.41) is 13.1. The first-order chi connectivity index (χ1) is 11.2. The molecule has 0 spiro atoms. The third-order valence-electron chi connectivity index (χ3n) is 3.46. The number of ether oxygens (including phenoxy) is 1. The third kappa shape index (κ3) is 6.01. The summed E-state index contributed by atoms with van der Waals surface area (Å²) in [6.45, 7) is 6.49. The van der Waals surface area contributed by atoms with Crippen molar-refractivity contribution >= 4 is 11.3 Å². The molecule has 0 unspecified atom stereocenters. The van der Waals surface area contributed by atoms with Gasteiger partial charge < -0.3 is 10.1 Å². The summed E-state index contributed by atoms with van der Waals surface area (Å²) in [4.78, 5) is 5.82. The third-order valence-corrected chi connectivity index (χ3v) is 4.59. The van der Waals surface area contributed by atoms with E-state index in [4.69, 9.17) is 10.00 Å². The second-order valence-electron chi connectivity index (χ2n) is 5.43. The highest BCUT2D eigenvalue weighted by molar-refractivity contribution is 7.11. The smallest absolute Gasteiger partial charge is 0.119 e. The quantitative estimate of drug-likeness (QED) is 0.711. The number of aryl methyl sites for hydroxylation is 2. The Bertz CT molecular complexity index is 661. The highest BCUT2D eigenvalue weighted by Crippen LogP contribution is 2.17. The Kier molecular flexibility index (Phi) is 7.05. The minimum atomic E-state index is 0.539. The first-order valence-corrected chi connectivity index (χ1v) is 8.73. The van der Waals surface area contributed by atoms with Crippen LogP contribution in [0.3, 0.4) is 0 Å². The van der Waals surface area contributed by atoms with Crippen LogP contribution < -0.4 is 10.1 Å². The van der Waals surface area contributed by atoms with Crippen LogP contribution in [-0.2, 0) is 13.0 Å². The Morgan fingerprint density at radius 2 is 2.22 bits per heavy atom. The number of rotatable bonds is 9. The van der Waals surface area contributed by atoms with Crippen LogP contribution in [0, 0.1) is 25.2 Å². The van der Waals surface area contributed by atoms with Gasteiger partial charge in [-0.15, -0.1) is 11.3 Å². The molecule has 0 saturated heterocycles. The maximum atomic E-state index is 8.51. The molecule has 1 aromatic heterocycles. The first-order valence-electron chi connectivity index (χ1n) is 7.91. The van der Waals surface area contributed by atoms with Gasteiger partial charge in [-0.3, -0.25) is 0 Å². The Morgan fingerprint density at radius 1 is 1.35 bits per heavy atom. The SMILES string of the molecule is Cc1nc(C)c(CCNCc2cccc(OCCCC#N)c2)s1. The topological polar surface area (TPSA) is 57.9 Å². The zero-order chi connectivity index (χ0) is 16.5. The van der Waals surface area contributed by atoms with E-state index < -0.39 is 0 Å². The molecule has 0 aliphatic rings. The van der Waals surface area contributed by atoms with E-state index in [2.05, 4.69) is 42.4 Å². The lowest BCUT2D eigenvalue weighted by Gasteiger charge is -2.08. The number of hydrogen-bond acceptors (Lipinski definition) is 5. The molecular weight excluding hydrogens is 306 g/mol. The number of nitrogens with zero attached hydrogens (tertiary/aromatic N) is 2. The van der Waals surface area contributed by atoms with Crippen molar-refractivity contribution in [3.63, 3.8) is 0 Å². The monoisotopic (exact) mass is 329 g/mol. The van der Waals surface area contributed by atoms with Crippen LogP contribution in [0.15, 0.2) is 24.3 Å². The van der Waals surface area contributed by atoms with Crippen molar-refractivity contribution in [1.29, 1.82) is 5.26 Å². The summed E-state index contributed by atoms with van der Waals surface area (Å²) in [6.07, 6.45) is 2.33. The van der Waals surface area contributed by atoms with Crippen LogP contribution in [0.25, 0.3) is 0 Å². The van der Waals surface area contributed by atoms with Gasteiger partial charge in [-0.05, 0) is 44.4 Å². The molecule has 2 aromatic rings. The number of unbranched alkanes of at least 4 members (excludes halogenated alkanes) is 1. The van der Waals surface area contributed by atoms with Crippen LogP contribution in [0.5, 0.6) is 5.75 Å². The van der Waals surface area contributed by atoms with Crippen LogP contribution in [0.1, 0.15) is 34.0 Å². The van der Waals surface area contributed by atoms with Crippen molar-refractivity contribution in [2.45, 2.75) is 39.7 Å². The van der Waals surface area contributed by atoms with Gasteiger partial charge in [0, 0.05) is 24.4 Å². The zero-order valence-electron chi connectivity index (χ0n) is 13.8. The summed E-state index contributed by atoms with van der Waals surface area (Å²) in [5.41, 5.74) is 2.36. The van der Waals surface area contributed by atoms with E-state index in [-0.39, 0.29) is 0 Å². The van der Waals surface area contributed by atoms with Gasteiger partial charge in [0.15, 0.2) is 0 Å². The van der Waals surface area contributed by atoms with Crippen molar-refractivity contribution in [2.75, 3.05) is 13.2 Å². The van der Waals surface area contributed by atoms with Crippen molar-refractivity contribution in [3.05, 3.63) is 45.4 Å². The molecule has 0 fully saturated rings. The lowest BCUT2D eigenvalue weighted by atomic mass is 10.2. The highest BCUT2D eigenvalue weighted by atomic mass is 32.1. The van der Waals surface area contributed by atoms with E-state index in [1.165, 1.54) is 10.4 Å². The second-order valence-corrected chi connectivity index (χ2v) is 6.71. The van der Waals surface area contributed by atoms with Crippen molar-refractivity contribution in [3.8, 4) is 11.8 Å². The zero-order valence-corrected chi connectivity index (χ0v) is 14.6. The number of thiazole rings is 1. The lowest BCUT2D eigenvalue weighted by Crippen LogP contribution is -2.16. The average Bonchev–Trinajstić information content (AvgIpc) is 2.86. The molecule has 0 amide bonds. The fourth-order valence-corrected chi connectivity index (χ4v) is 3.26. The molecule has 4 nitrogen and oxygen atoms in total. The molecule has 1 N–H and O–H groups in total. The van der Waals surface area contributed by atoms with E-state index in [0.29, 0.717) is 13.0 Å². The molecule has 0 radical (unpaired) electrons. The molecule has 0 saturated carbocycles. The standard InChI is InChI=1S/C18H23N3OS/c1-14-18(23-15(2)21-14)8-10-20-13-16-6-5-7-17(12-16)22-11-4-3-9-19/h5-7,12,20H,3-4,8,10-11,13H2,1-2H3. The largest absolute Gasteiger partial charge is 0.494 e. The summed E-state index contributed by atoms with van der Waals surface area (Å²) in [7, 11) is 0. The normalized spacial score (nSPS) is 10.5. The molecular formula is C18H23N3OS. The van der Waals surface area contributed by atoms with E-state index in [9.17, 15) is 0 Å². The number of hydrogen-bond donors (Lipinski definition) is 1. The number of aromatic nitrogens is 1. The molecule has 23 heavy (non-hydrogen) atoms. The van der Waals surface area contributed by atoms with Gasteiger partial charge in [-0.25, -0.2) is 4.98 Å². The summed E-state index contributed by atoms with van der Waals surface area (Å²) in [6, 6.07) is 10.2. The predicted octanol–water partition coefficient (Wildman–Crippen LogP) is 3.77. The Labute approximate surface area is 142 Å². The maximum absolute atomic E-state index is 8.51. The summed E-state index contributed by atoms with van der Waals surface area (Å²) in [5.74, 6) is 0.871. The van der Waals surface area contributed by atoms with Gasteiger partial charge in [0.05, 0.1) is 23.4 Å². The van der Waals surface area contributed by atoms with Gasteiger partial charge in [0.2, 0.25) is 0 Å². The molecule has 1 aromatic carbocycles. The van der Waals surface area contributed by atoms with Crippen molar-refractivity contribution in [1.82, 2.24) is 10.3 Å². The van der Waals surface area contributed by atoms with E-state index in [1.54, 1.807) is 11.3 Å². The summed E-state index contributed by atoms with van der Waals surface area (Å²) < 4.78 is 5.66. The van der Waals surface area contributed by atoms with Gasteiger partial charge in [0.1, 0.15) is 5.75 Å². The van der Waals surface area contributed by atoms with Gasteiger partial charge in [-0.1, -0.05) is 12.1 Å². The molecule has 0 atom stereocenters. The lowest BCUT2D eigenvalue weighted by molar-refractivity contribution is 0.312. The second kappa shape index (κ2) is 9.29. The Morgan fingerprint density at radius 3 is 2.96 bits per heavy atom. The van der Waals surface area contributed by atoms with Crippen molar-refractivity contribution in [2.24, 2.45) is 0 Å². The van der Waals surface area contributed by atoms with Gasteiger partial charge in [0.25, 0.3) is 0 Å². The highest BCUT2D eigenvalue weighted by Gasteiger charge is 2.04. The predicted molar refractivity (Wildman–Crippen MR) is 93.8 cm³/mol. The van der Waals surface area contributed by atoms with Crippen LogP contribution >= 0.6 is 11.3 Å². The number of nitrogens with one attached hydrogen (secondary N) is 1. The van der Waals surface area contributed by atoms with Gasteiger partial charge in [-0.2, -0.15) is 5.26 Å². The molecule has 5 heteroatoms. The van der Waals surface area contributed by atoms with E-state index in [1.807, 2.05) is 12.1 Å². The Hall–Kier alpha value is -1.90.